The largest absolute Gasteiger partial charge is 0.461 e. The zero-order valence-corrected chi connectivity index (χ0v) is 14.2. The summed E-state index contributed by atoms with van der Waals surface area (Å²) in [7, 11) is 4.96. The fraction of sp³-hybridized carbons (Fsp3) is 0.429. The van der Waals surface area contributed by atoms with E-state index in [1.165, 1.54) is 21.8 Å². The van der Waals surface area contributed by atoms with Crippen molar-refractivity contribution in [3.63, 3.8) is 0 Å². The lowest BCUT2D eigenvalue weighted by atomic mass is 10.3. The molecule has 124 valence electrons. The van der Waals surface area contributed by atoms with Crippen molar-refractivity contribution in [2.45, 2.75) is 13.5 Å². The molecule has 23 heavy (non-hydrogen) atoms. The van der Waals surface area contributed by atoms with E-state index in [9.17, 15) is 9.59 Å². The number of carbonyl (C=O) groups excluding carboxylic acids is 2. The summed E-state index contributed by atoms with van der Waals surface area (Å²) in [6.45, 7) is 2.25. The molecule has 2 aromatic heterocycles. The van der Waals surface area contributed by atoms with Gasteiger partial charge in [0.05, 0.1) is 30.1 Å². The van der Waals surface area contributed by atoms with Crippen LogP contribution in [0, 0.1) is 0 Å². The van der Waals surface area contributed by atoms with Gasteiger partial charge in [0.25, 0.3) is 5.91 Å². The first kappa shape index (κ1) is 17.0. The van der Waals surface area contributed by atoms with Crippen LogP contribution in [0.4, 0.5) is 0 Å². The monoisotopic (exact) mass is 339 g/mol. The van der Waals surface area contributed by atoms with Gasteiger partial charge in [-0.15, -0.1) is 0 Å². The molecule has 0 atom stereocenters. The molecule has 0 aliphatic heterocycles. The van der Waals surface area contributed by atoms with Gasteiger partial charge >= 0.3 is 5.97 Å². The Morgan fingerprint density at radius 1 is 1.35 bits per heavy atom. The van der Waals surface area contributed by atoms with Crippen molar-refractivity contribution < 1.29 is 14.3 Å². The van der Waals surface area contributed by atoms with E-state index in [0.717, 1.165) is 0 Å². The van der Waals surface area contributed by atoms with Crippen molar-refractivity contribution in [1.29, 1.82) is 0 Å². The van der Waals surface area contributed by atoms with Crippen molar-refractivity contribution in [3.8, 4) is 0 Å². The molecular weight excluding hydrogens is 322 g/mol. The molecule has 2 rings (SSSR count). The molecule has 2 aromatic rings. The maximum absolute atomic E-state index is 12.5. The quantitative estimate of drug-likeness (QED) is 0.766. The number of carbonyl (C=O) groups is 2. The lowest BCUT2D eigenvalue weighted by Crippen LogP contribution is -2.27. The van der Waals surface area contributed by atoms with Gasteiger partial charge in [-0.3, -0.25) is 14.2 Å². The third kappa shape index (κ3) is 3.53. The Morgan fingerprint density at radius 2 is 2.04 bits per heavy atom. The Kier molecular flexibility index (Phi) is 5.05. The van der Waals surface area contributed by atoms with Gasteiger partial charge in [-0.1, -0.05) is 11.6 Å². The number of esters is 1. The summed E-state index contributed by atoms with van der Waals surface area (Å²) in [6, 6.07) is 1.42. The van der Waals surface area contributed by atoms with Crippen LogP contribution in [0.25, 0.3) is 0 Å². The lowest BCUT2D eigenvalue weighted by molar-refractivity contribution is 0.0513. The van der Waals surface area contributed by atoms with Crippen LogP contribution in [0.3, 0.4) is 0 Å². The van der Waals surface area contributed by atoms with Gasteiger partial charge in [0, 0.05) is 27.2 Å². The Bertz CT molecular complexity index is 717. The standard InChI is InChI=1S/C14H18ClN5O3/c1-5-23-14(22)11-6-10(17-20(11)4)13(21)18(2)8-12-9(15)7-16-19(12)3/h6-7H,5,8H2,1-4H3. The van der Waals surface area contributed by atoms with Gasteiger partial charge in [-0.25, -0.2) is 4.79 Å². The van der Waals surface area contributed by atoms with Gasteiger partial charge in [0.1, 0.15) is 5.69 Å². The molecule has 0 spiro atoms. The number of nitrogens with zero attached hydrogens (tertiary/aromatic N) is 5. The second-order valence-electron chi connectivity index (χ2n) is 4.98. The average Bonchev–Trinajstić information content (AvgIpc) is 3.04. The van der Waals surface area contributed by atoms with Crippen LogP contribution >= 0.6 is 11.6 Å². The first-order chi connectivity index (χ1) is 10.8. The van der Waals surface area contributed by atoms with Gasteiger partial charge in [-0.2, -0.15) is 10.2 Å². The van der Waals surface area contributed by atoms with E-state index >= 15 is 0 Å². The van der Waals surface area contributed by atoms with Crippen molar-refractivity contribution in [3.05, 3.63) is 34.4 Å². The molecule has 9 heteroatoms. The van der Waals surface area contributed by atoms with Crippen LogP contribution in [0.1, 0.15) is 33.6 Å². The average molecular weight is 340 g/mol. The third-order valence-electron chi connectivity index (χ3n) is 3.33. The van der Waals surface area contributed by atoms with Crippen LogP contribution in [0.15, 0.2) is 12.3 Å². The van der Waals surface area contributed by atoms with Gasteiger partial charge in [-0.05, 0) is 6.92 Å². The molecule has 0 radical (unpaired) electrons. The maximum atomic E-state index is 12.5. The highest BCUT2D eigenvalue weighted by molar-refractivity contribution is 6.31. The molecule has 0 N–H and O–H groups in total. The molecule has 0 aromatic carbocycles. The minimum atomic E-state index is -0.515. The number of halogens is 1. The molecule has 0 aliphatic carbocycles. The topological polar surface area (TPSA) is 82.2 Å². The van der Waals surface area contributed by atoms with Crippen molar-refractivity contribution in [2.24, 2.45) is 14.1 Å². The first-order valence-corrected chi connectivity index (χ1v) is 7.36. The summed E-state index contributed by atoms with van der Waals surface area (Å²) in [5.74, 6) is -0.840. The predicted molar refractivity (Wildman–Crippen MR) is 83.2 cm³/mol. The molecule has 1 amide bonds. The zero-order valence-electron chi connectivity index (χ0n) is 13.4. The SMILES string of the molecule is CCOC(=O)c1cc(C(=O)N(C)Cc2c(Cl)cnn2C)nn1C. The number of ether oxygens (including phenoxy) is 1. The highest BCUT2D eigenvalue weighted by Gasteiger charge is 2.22. The van der Waals surface area contributed by atoms with Gasteiger partial charge in [0.2, 0.25) is 0 Å². The predicted octanol–water partition coefficient (Wildman–Crippen LogP) is 1.26. The summed E-state index contributed by atoms with van der Waals surface area (Å²) in [5.41, 5.74) is 1.10. The fourth-order valence-electron chi connectivity index (χ4n) is 2.07. The number of rotatable bonds is 5. The second-order valence-corrected chi connectivity index (χ2v) is 5.39. The number of hydrogen-bond donors (Lipinski definition) is 0. The Balaban J connectivity index is 2.17. The minimum Gasteiger partial charge on any atom is -0.461 e. The smallest absolute Gasteiger partial charge is 0.356 e. The van der Waals surface area contributed by atoms with Crippen LogP contribution in [0.5, 0.6) is 0 Å². The zero-order chi connectivity index (χ0) is 17.1. The van der Waals surface area contributed by atoms with Crippen LogP contribution in [0.2, 0.25) is 5.02 Å². The van der Waals surface area contributed by atoms with E-state index in [1.54, 1.807) is 32.7 Å². The maximum Gasteiger partial charge on any atom is 0.356 e. The molecule has 2 heterocycles. The van der Waals surface area contributed by atoms with E-state index in [4.69, 9.17) is 16.3 Å². The lowest BCUT2D eigenvalue weighted by Gasteiger charge is -2.16. The van der Waals surface area contributed by atoms with Gasteiger partial charge in [0.15, 0.2) is 5.69 Å². The molecule has 8 nitrogen and oxygen atoms in total. The highest BCUT2D eigenvalue weighted by Crippen LogP contribution is 2.17. The Labute approximate surface area is 138 Å². The molecule has 0 saturated heterocycles. The number of aromatic nitrogens is 4. The van der Waals surface area contributed by atoms with E-state index < -0.39 is 5.97 Å². The molecular formula is C14H18ClN5O3. The summed E-state index contributed by atoms with van der Waals surface area (Å²) < 4.78 is 7.86. The Hall–Kier alpha value is -2.35. The number of aryl methyl sites for hydroxylation is 2. The summed E-state index contributed by atoms with van der Waals surface area (Å²) in [5, 5.41) is 8.59. The first-order valence-electron chi connectivity index (χ1n) is 6.98. The van der Waals surface area contributed by atoms with Crippen molar-refractivity contribution in [2.75, 3.05) is 13.7 Å². The summed E-state index contributed by atoms with van der Waals surface area (Å²) in [4.78, 5) is 25.7. The number of hydrogen-bond acceptors (Lipinski definition) is 5. The van der Waals surface area contributed by atoms with E-state index in [1.807, 2.05) is 0 Å². The third-order valence-corrected chi connectivity index (χ3v) is 3.64. The number of amides is 1. The summed E-state index contributed by atoms with van der Waals surface area (Å²) in [6.07, 6.45) is 1.52. The van der Waals surface area contributed by atoms with Gasteiger partial charge < -0.3 is 9.64 Å². The second kappa shape index (κ2) is 6.82. The summed E-state index contributed by atoms with van der Waals surface area (Å²) >= 11 is 6.04. The van der Waals surface area contributed by atoms with Crippen LogP contribution in [-0.4, -0.2) is 50.0 Å². The van der Waals surface area contributed by atoms with E-state index in [2.05, 4.69) is 10.2 Å². The normalized spacial score (nSPS) is 10.7. The minimum absolute atomic E-state index is 0.163. The molecule has 0 bridgehead atoms. The van der Waals surface area contributed by atoms with Crippen LogP contribution in [-0.2, 0) is 25.4 Å². The fourth-order valence-corrected chi connectivity index (χ4v) is 2.30. The van der Waals surface area contributed by atoms with Crippen LogP contribution < -0.4 is 0 Å². The van der Waals surface area contributed by atoms with Crippen molar-refractivity contribution in [1.82, 2.24) is 24.5 Å². The molecule has 0 saturated carbocycles. The molecule has 0 aliphatic rings. The Morgan fingerprint density at radius 3 is 2.61 bits per heavy atom. The van der Waals surface area contributed by atoms with Crippen molar-refractivity contribution >= 4 is 23.5 Å². The highest BCUT2D eigenvalue weighted by atomic mass is 35.5. The van der Waals surface area contributed by atoms with E-state index in [0.29, 0.717) is 10.7 Å². The van der Waals surface area contributed by atoms with E-state index in [-0.39, 0.29) is 30.4 Å². The molecule has 0 fully saturated rings. The molecule has 0 unspecified atom stereocenters.